The first-order valence-corrected chi connectivity index (χ1v) is 6.11. The molecule has 1 heterocycles. The highest BCUT2D eigenvalue weighted by atomic mass is 16.5. The van der Waals surface area contributed by atoms with Gasteiger partial charge in [-0.3, -0.25) is 0 Å². The van der Waals surface area contributed by atoms with Crippen molar-refractivity contribution in [2.45, 2.75) is 31.8 Å². The number of hydrogen-bond donors (Lipinski definition) is 1. The molecule has 1 aromatic rings. The SMILES string of the molecule is COc1ccc(C2(O)CCCOCC2)c(C)c1. The first-order valence-electron chi connectivity index (χ1n) is 6.11. The summed E-state index contributed by atoms with van der Waals surface area (Å²) in [6.07, 6.45) is 2.34. The Morgan fingerprint density at radius 1 is 1.29 bits per heavy atom. The Bertz CT molecular complexity index is 379. The lowest BCUT2D eigenvalue weighted by Gasteiger charge is -2.28. The van der Waals surface area contributed by atoms with Gasteiger partial charge in [0.1, 0.15) is 5.75 Å². The highest BCUT2D eigenvalue weighted by molar-refractivity contribution is 5.38. The van der Waals surface area contributed by atoms with E-state index >= 15 is 0 Å². The zero-order chi connectivity index (χ0) is 12.3. The number of methoxy groups -OCH3 is 1. The number of aryl methyl sites for hydroxylation is 1. The maximum atomic E-state index is 10.7. The van der Waals surface area contributed by atoms with E-state index in [9.17, 15) is 5.11 Å². The van der Waals surface area contributed by atoms with E-state index in [2.05, 4.69) is 0 Å². The molecule has 2 rings (SSSR count). The highest BCUT2D eigenvalue weighted by Crippen LogP contribution is 2.35. The average Bonchev–Trinajstić information content (AvgIpc) is 2.54. The van der Waals surface area contributed by atoms with Gasteiger partial charge >= 0.3 is 0 Å². The molecule has 17 heavy (non-hydrogen) atoms. The lowest BCUT2D eigenvalue weighted by molar-refractivity contribution is 0.0138. The zero-order valence-electron chi connectivity index (χ0n) is 10.5. The second-order valence-electron chi connectivity index (χ2n) is 4.68. The van der Waals surface area contributed by atoms with Crippen LogP contribution in [0, 0.1) is 6.92 Å². The summed E-state index contributed by atoms with van der Waals surface area (Å²) < 4.78 is 10.6. The molecule has 0 aromatic heterocycles. The summed E-state index contributed by atoms with van der Waals surface area (Å²) in [4.78, 5) is 0. The van der Waals surface area contributed by atoms with Crippen LogP contribution in [0.3, 0.4) is 0 Å². The smallest absolute Gasteiger partial charge is 0.119 e. The Balaban J connectivity index is 2.31. The summed E-state index contributed by atoms with van der Waals surface area (Å²) in [6.45, 7) is 3.39. The maximum absolute atomic E-state index is 10.7. The Morgan fingerprint density at radius 3 is 2.82 bits per heavy atom. The van der Waals surface area contributed by atoms with Crippen LogP contribution in [0.2, 0.25) is 0 Å². The Labute approximate surface area is 102 Å². The molecule has 1 N–H and O–H groups in total. The Kier molecular flexibility index (Phi) is 3.69. The van der Waals surface area contributed by atoms with Crippen LogP contribution in [-0.2, 0) is 10.3 Å². The van der Waals surface area contributed by atoms with Gasteiger partial charge in [0.05, 0.1) is 12.7 Å². The molecule has 1 aliphatic heterocycles. The fourth-order valence-corrected chi connectivity index (χ4v) is 2.49. The molecule has 0 radical (unpaired) electrons. The van der Waals surface area contributed by atoms with E-state index in [1.54, 1.807) is 7.11 Å². The third kappa shape index (κ3) is 2.61. The Hall–Kier alpha value is -1.06. The molecule has 3 nitrogen and oxygen atoms in total. The van der Waals surface area contributed by atoms with Crippen molar-refractivity contribution >= 4 is 0 Å². The van der Waals surface area contributed by atoms with Gasteiger partial charge in [-0.05, 0) is 43.0 Å². The number of ether oxygens (including phenoxy) is 2. The van der Waals surface area contributed by atoms with Crippen molar-refractivity contribution in [3.05, 3.63) is 29.3 Å². The van der Waals surface area contributed by atoms with Crippen LogP contribution in [0.25, 0.3) is 0 Å². The van der Waals surface area contributed by atoms with Gasteiger partial charge in [-0.25, -0.2) is 0 Å². The van der Waals surface area contributed by atoms with E-state index in [1.807, 2.05) is 25.1 Å². The standard InChI is InChI=1S/C14H20O3/c1-11-10-12(16-2)4-5-13(11)14(15)6-3-8-17-9-7-14/h4-5,10,15H,3,6-9H2,1-2H3. The van der Waals surface area contributed by atoms with Crippen molar-refractivity contribution in [2.75, 3.05) is 20.3 Å². The molecule has 94 valence electrons. The topological polar surface area (TPSA) is 38.7 Å². The summed E-state index contributed by atoms with van der Waals surface area (Å²) in [5.41, 5.74) is 1.34. The van der Waals surface area contributed by atoms with Gasteiger partial charge in [-0.1, -0.05) is 6.07 Å². The molecule has 0 bridgehead atoms. The maximum Gasteiger partial charge on any atom is 0.119 e. The van der Waals surface area contributed by atoms with Crippen LogP contribution in [0.4, 0.5) is 0 Å². The molecule has 1 saturated heterocycles. The second-order valence-corrected chi connectivity index (χ2v) is 4.68. The normalized spacial score (nSPS) is 25.4. The third-order valence-corrected chi connectivity index (χ3v) is 3.47. The third-order valence-electron chi connectivity index (χ3n) is 3.47. The summed E-state index contributed by atoms with van der Waals surface area (Å²) in [7, 11) is 1.66. The molecule has 1 aromatic carbocycles. The minimum absolute atomic E-state index is 0.627. The molecule has 3 heteroatoms. The fourth-order valence-electron chi connectivity index (χ4n) is 2.49. The quantitative estimate of drug-likeness (QED) is 0.857. The monoisotopic (exact) mass is 236 g/mol. The molecule has 1 atom stereocenters. The van der Waals surface area contributed by atoms with E-state index in [1.165, 1.54) is 0 Å². The van der Waals surface area contributed by atoms with Crippen LogP contribution in [0.1, 0.15) is 30.4 Å². The first-order chi connectivity index (χ1) is 8.15. The highest BCUT2D eigenvalue weighted by Gasteiger charge is 2.31. The van der Waals surface area contributed by atoms with E-state index in [0.29, 0.717) is 13.0 Å². The molecule has 0 aliphatic carbocycles. The van der Waals surface area contributed by atoms with Gasteiger partial charge in [0.2, 0.25) is 0 Å². The summed E-state index contributed by atoms with van der Waals surface area (Å²) in [5.74, 6) is 0.833. The fraction of sp³-hybridized carbons (Fsp3) is 0.571. The van der Waals surface area contributed by atoms with Gasteiger partial charge in [-0.15, -0.1) is 0 Å². The predicted molar refractivity (Wildman–Crippen MR) is 66.3 cm³/mol. The predicted octanol–water partition coefficient (Wildman–Crippen LogP) is 2.39. The van der Waals surface area contributed by atoms with E-state index in [0.717, 1.165) is 36.3 Å². The second kappa shape index (κ2) is 5.07. The van der Waals surface area contributed by atoms with Crippen LogP contribution >= 0.6 is 0 Å². The number of hydrogen-bond acceptors (Lipinski definition) is 3. The van der Waals surface area contributed by atoms with E-state index in [-0.39, 0.29) is 0 Å². The van der Waals surface area contributed by atoms with E-state index < -0.39 is 5.60 Å². The molecule has 1 aliphatic rings. The number of rotatable bonds is 2. The van der Waals surface area contributed by atoms with Crippen molar-refractivity contribution in [2.24, 2.45) is 0 Å². The Morgan fingerprint density at radius 2 is 2.12 bits per heavy atom. The van der Waals surface area contributed by atoms with Crippen molar-refractivity contribution in [3.8, 4) is 5.75 Å². The average molecular weight is 236 g/mol. The molecule has 0 spiro atoms. The molecule has 0 saturated carbocycles. The van der Waals surface area contributed by atoms with E-state index in [4.69, 9.17) is 9.47 Å². The van der Waals surface area contributed by atoms with Crippen molar-refractivity contribution in [1.82, 2.24) is 0 Å². The lowest BCUT2D eigenvalue weighted by Crippen LogP contribution is -2.27. The zero-order valence-corrected chi connectivity index (χ0v) is 10.5. The summed E-state index contributed by atoms with van der Waals surface area (Å²) in [6, 6.07) is 5.85. The van der Waals surface area contributed by atoms with Crippen molar-refractivity contribution < 1.29 is 14.6 Å². The molecule has 1 fully saturated rings. The van der Waals surface area contributed by atoms with Crippen molar-refractivity contribution in [1.29, 1.82) is 0 Å². The van der Waals surface area contributed by atoms with Gasteiger partial charge in [0.25, 0.3) is 0 Å². The van der Waals surface area contributed by atoms with Crippen molar-refractivity contribution in [3.63, 3.8) is 0 Å². The first kappa shape index (κ1) is 12.4. The van der Waals surface area contributed by atoms with Gasteiger partial charge in [-0.2, -0.15) is 0 Å². The van der Waals surface area contributed by atoms with Crippen LogP contribution < -0.4 is 4.74 Å². The van der Waals surface area contributed by atoms with Gasteiger partial charge < -0.3 is 14.6 Å². The number of aliphatic hydroxyl groups is 1. The summed E-state index contributed by atoms with van der Waals surface area (Å²) in [5, 5.41) is 10.7. The van der Waals surface area contributed by atoms with Crippen LogP contribution in [0.15, 0.2) is 18.2 Å². The minimum atomic E-state index is -0.743. The molecule has 0 amide bonds. The van der Waals surface area contributed by atoms with Gasteiger partial charge in [0.15, 0.2) is 0 Å². The molecular weight excluding hydrogens is 216 g/mol. The lowest BCUT2D eigenvalue weighted by atomic mass is 9.84. The molecular formula is C14H20O3. The van der Waals surface area contributed by atoms with Crippen LogP contribution in [-0.4, -0.2) is 25.4 Å². The minimum Gasteiger partial charge on any atom is -0.497 e. The van der Waals surface area contributed by atoms with Crippen LogP contribution in [0.5, 0.6) is 5.75 Å². The summed E-state index contributed by atoms with van der Waals surface area (Å²) >= 11 is 0. The molecule has 1 unspecified atom stereocenters. The largest absolute Gasteiger partial charge is 0.497 e. The number of benzene rings is 1. The van der Waals surface area contributed by atoms with Gasteiger partial charge in [0, 0.05) is 19.6 Å².